The summed E-state index contributed by atoms with van der Waals surface area (Å²) in [5, 5.41) is 0. The molecule has 3 rings (SSSR count). The van der Waals surface area contributed by atoms with Crippen molar-refractivity contribution in [3.05, 3.63) is 27.3 Å². The second-order valence-electron chi connectivity index (χ2n) is 8.23. The predicted octanol–water partition coefficient (Wildman–Crippen LogP) is 3.84. The average molecular weight is 471 g/mol. The Morgan fingerprint density at radius 1 is 1.12 bits per heavy atom. The zero-order chi connectivity index (χ0) is 18.9. The molecule has 1 saturated heterocycles. The summed E-state index contributed by atoms with van der Waals surface area (Å²) in [5.41, 5.74) is 6.24. The minimum Gasteiger partial charge on any atom is -0.443 e. The van der Waals surface area contributed by atoms with Crippen LogP contribution in [0, 0.1) is 8.99 Å². The third kappa shape index (κ3) is 4.81. The summed E-state index contributed by atoms with van der Waals surface area (Å²) in [5.74, 6) is -0.339. The number of anilines is 1. The summed E-state index contributed by atoms with van der Waals surface area (Å²) in [6.45, 7) is 7.26. The van der Waals surface area contributed by atoms with Crippen LogP contribution in [0.3, 0.4) is 0 Å². The molecule has 1 saturated carbocycles. The standard InChI is InChI=1S/C19H26IN3O3/c1-18(2,3)26-17(25)22-21-16(24)14-5-4-13(20)12-15(14)23-10-8-19(6-7-19)9-11-23/h4-5,12H,6-11H2,1-3H3,(H,21,24)(H,22,25). The Balaban J connectivity index is 1.67. The fourth-order valence-electron chi connectivity index (χ4n) is 3.34. The number of piperidine rings is 1. The van der Waals surface area contributed by atoms with Crippen LogP contribution in [0.25, 0.3) is 0 Å². The van der Waals surface area contributed by atoms with Gasteiger partial charge in [0.25, 0.3) is 5.91 Å². The van der Waals surface area contributed by atoms with E-state index in [1.165, 1.54) is 25.7 Å². The molecular formula is C19H26IN3O3. The van der Waals surface area contributed by atoms with Crippen molar-refractivity contribution < 1.29 is 14.3 Å². The Hall–Kier alpha value is -1.51. The van der Waals surface area contributed by atoms with Gasteiger partial charge in [-0.1, -0.05) is 0 Å². The zero-order valence-corrected chi connectivity index (χ0v) is 17.7. The van der Waals surface area contributed by atoms with E-state index in [-0.39, 0.29) is 5.91 Å². The van der Waals surface area contributed by atoms with Crippen LogP contribution < -0.4 is 15.8 Å². The maximum absolute atomic E-state index is 12.6. The van der Waals surface area contributed by atoms with Gasteiger partial charge in [0, 0.05) is 16.7 Å². The third-order valence-corrected chi connectivity index (χ3v) is 5.67. The number of nitrogens with one attached hydrogen (secondary N) is 2. The molecule has 2 amide bonds. The molecule has 0 unspecified atom stereocenters. The first kappa shape index (κ1) is 19.3. The molecule has 2 fully saturated rings. The molecular weight excluding hydrogens is 445 g/mol. The van der Waals surface area contributed by atoms with E-state index in [1.807, 2.05) is 18.2 Å². The van der Waals surface area contributed by atoms with Crippen LogP contribution in [0.2, 0.25) is 0 Å². The molecule has 1 spiro atoms. The molecule has 1 aliphatic carbocycles. The molecule has 0 atom stereocenters. The number of carbonyl (C=O) groups is 2. The minimum absolute atomic E-state index is 0.339. The SMILES string of the molecule is CC(C)(C)OC(=O)NNC(=O)c1ccc(I)cc1N1CCC2(CC1)CC2. The summed E-state index contributed by atoms with van der Waals surface area (Å²) in [6.07, 6.45) is 4.40. The first-order valence-electron chi connectivity index (χ1n) is 9.01. The molecule has 7 heteroatoms. The van der Waals surface area contributed by atoms with Gasteiger partial charge < -0.3 is 9.64 Å². The molecule has 6 nitrogen and oxygen atoms in total. The quantitative estimate of drug-likeness (QED) is 0.508. The van der Waals surface area contributed by atoms with Crippen molar-refractivity contribution in [2.45, 2.75) is 52.1 Å². The molecule has 2 aliphatic rings. The van der Waals surface area contributed by atoms with Gasteiger partial charge >= 0.3 is 6.09 Å². The topological polar surface area (TPSA) is 70.7 Å². The highest BCUT2D eigenvalue weighted by Crippen LogP contribution is 2.54. The summed E-state index contributed by atoms with van der Waals surface area (Å²) >= 11 is 2.26. The molecule has 1 aromatic rings. The van der Waals surface area contributed by atoms with E-state index in [0.717, 1.165) is 22.3 Å². The molecule has 0 aromatic heterocycles. The number of benzene rings is 1. The van der Waals surface area contributed by atoms with Crippen LogP contribution in [-0.4, -0.2) is 30.7 Å². The van der Waals surface area contributed by atoms with Crippen LogP contribution in [0.15, 0.2) is 18.2 Å². The Morgan fingerprint density at radius 2 is 1.77 bits per heavy atom. The highest BCUT2D eigenvalue weighted by molar-refractivity contribution is 14.1. The van der Waals surface area contributed by atoms with Gasteiger partial charge in [-0.3, -0.25) is 10.2 Å². The summed E-state index contributed by atoms with van der Waals surface area (Å²) in [7, 11) is 0. The van der Waals surface area contributed by atoms with E-state index in [4.69, 9.17) is 4.74 Å². The summed E-state index contributed by atoms with van der Waals surface area (Å²) in [4.78, 5) is 26.7. The van der Waals surface area contributed by atoms with E-state index >= 15 is 0 Å². The van der Waals surface area contributed by atoms with Gasteiger partial charge in [0.1, 0.15) is 5.60 Å². The molecule has 142 valence electrons. The maximum Gasteiger partial charge on any atom is 0.426 e. The largest absolute Gasteiger partial charge is 0.443 e. The average Bonchev–Trinajstić information content (AvgIpc) is 3.31. The Bertz CT molecular complexity index is 700. The fourth-order valence-corrected chi connectivity index (χ4v) is 3.81. The Morgan fingerprint density at radius 3 is 2.35 bits per heavy atom. The van der Waals surface area contributed by atoms with E-state index in [9.17, 15) is 9.59 Å². The van der Waals surface area contributed by atoms with Crippen molar-refractivity contribution in [2.24, 2.45) is 5.41 Å². The summed E-state index contributed by atoms with van der Waals surface area (Å²) in [6, 6.07) is 5.75. The lowest BCUT2D eigenvalue weighted by Gasteiger charge is -2.35. The van der Waals surface area contributed by atoms with Crippen molar-refractivity contribution in [3.8, 4) is 0 Å². The van der Waals surface area contributed by atoms with E-state index in [1.54, 1.807) is 20.8 Å². The second kappa shape index (κ2) is 7.25. The van der Waals surface area contributed by atoms with Crippen LogP contribution in [0.5, 0.6) is 0 Å². The number of ether oxygens (including phenoxy) is 1. The third-order valence-electron chi connectivity index (χ3n) is 5.00. The first-order valence-corrected chi connectivity index (χ1v) is 10.1. The van der Waals surface area contributed by atoms with Gasteiger partial charge in [0.2, 0.25) is 0 Å². The number of hydrogen-bond donors (Lipinski definition) is 2. The number of amides is 2. The highest BCUT2D eigenvalue weighted by Gasteiger charge is 2.44. The molecule has 26 heavy (non-hydrogen) atoms. The molecule has 1 aromatic carbocycles. The zero-order valence-electron chi connectivity index (χ0n) is 15.5. The van der Waals surface area contributed by atoms with Crippen LogP contribution >= 0.6 is 22.6 Å². The number of hydrazine groups is 1. The van der Waals surface area contributed by atoms with Gasteiger partial charge in [0.15, 0.2) is 0 Å². The number of halogens is 1. The van der Waals surface area contributed by atoms with Crippen LogP contribution in [0.1, 0.15) is 56.8 Å². The number of carbonyl (C=O) groups excluding carboxylic acids is 2. The molecule has 2 N–H and O–H groups in total. The first-order chi connectivity index (χ1) is 12.2. The lowest BCUT2D eigenvalue weighted by atomic mass is 9.93. The van der Waals surface area contributed by atoms with E-state index in [2.05, 4.69) is 38.3 Å². The molecule has 1 heterocycles. The lowest BCUT2D eigenvalue weighted by Crippen LogP contribution is -2.45. The van der Waals surface area contributed by atoms with E-state index < -0.39 is 11.7 Å². The number of nitrogens with zero attached hydrogens (tertiary/aromatic N) is 1. The number of rotatable bonds is 2. The molecule has 1 aliphatic heterocycles. The predicted molar refractivity (Wildman–Crippen MR) is 109 cm³/mol. The maximum atomic E-state index is 12.6. The monoisotopic (exact) mass is 471 g/mol. The van der Waals surface area contributed by atoms with Crippen LogP contribution in [0.4, 0.5) is 10.5 Å². The smallest absolute Gasteiger partial charge is 0.426 e. The Labute approximate surface area is 168 Å². The minimum atomic E-state index is -0.674. The van der Waals surface area contributed by atoms with Crippen molar-refractivity contribution in [3.63, 3.8) is 0 Å². The van der Waals surface area contributed by atoms with Gasteiger partial charge in [0.05, 0.1) is 11.3 Å². The van der Waals surface area contributed by atoms with Gasteiger partial charge in [-0.05, 0) is 92.7 Å². The van der Waals surface area contributed by atoms with Gasteiger partial charge in [-0.2, -0.15) is 0 Å². The van der Waals surface area contributed by atoms with Crippen molar-refractivity contribution in [1.82, 2.24) is 10.9 Å². The van der Waals surface area contributed by atoms with Crippen molar-refractivity contribution in [2.75, 3.05) is 18.0 Å². The van der Waals surface area contributed by atoms with Gasteiger partial charge in [-0.15, -0.1) is 0 Å². The van der Waals surface area contributed by atoms with Crippen LogP contribution in [-0.2, 0) is 4.74 Å². The molecule has 0 radical (unpaired) electrons. The Kier molecular flexibility index (Phi) is 5.37. The van der Waals surface area contributed by atoms with E-state index in [0.29, 0.717) is 11.0 Å². The van der Waals surface area contributed by atoms with Crippen molar-refractivity contribution >= 4 is 40.3 Å². The van der Waals surface area contributed by atoms with Crippen molar-refractivity contribution in [1.29, 1.82) is 0 Å². The fraction of sp³-hybridized carbons (Fsp3) is 0.579. The molecule has 0 bridgehead atoms. The second-order valence-corrected chi connectivity index (χ2v) is 9.48. The lowest BCUT2D eigenvalue weighted by molar-refractivity contribution is 0.0483. The summed E-state index contributed by atoms with van der Waals surface area (Å²) < 4.78 is 6.23. The van der Waals surface area contributed by atoms with Gasteiger partial charge in [-0.25, -0.2) is 10.2 Å². The highest BCUT2D eigenvalue weighted by atomic mass is 127. The normalized spacial score (nSPS) is 18.4. The number of hydrogen-bond acceptors (Lipinski definition) is 4.